The Morgan fingerprint density at radius 3 is 2.14 bits per heavy atom. The minimum atomic E-state index is -3.60. The molecule has 0 bridgehead atoms. The van der Waals surface area contributed by atoms with Crippen LogP contribution in [0.25, 0.3) is 22.4 Å². The average molecular weight is 494 g/mol. The normalized spacial score (nSPS) is 15.1. The minimum Gasteiger partial charge on any atom is -0.477 e. The van der Waals surface area contributed by atoms with Crippen LogP contribution < -0.4 is 0 Å². The quantitative estimate of drug-likeness (QED) is 0.301. The molecule has 0 amide bonds. The van der Waals surface area contributed by atoms with Crippen LogP contribution in [0.3, 0.4) is 0 Å². The molecule has 3 rings (SSSR count). The third-order valence-electron chi connectivity index (χ3n) is 6.19. The Morgan fingerprint density at radius 1 is 1.11 bits per heavy atom. The lowest BCUT2D eigenvalue weighted by Crippen LogP contribution is -2.53. The second-order valence-electron chi connectivity index (χ2n) is 8.75. The van der Waals surface area contributed by atoms with E-state index in [1.165, 1.54) is 24.3 Å². The highest BCUT2D eigenvalue weighted by molar-refractivity contribution is 7.42. The summed E-state index contributed by atoms with van der Waals surface area (Å²) in [5.74, 6) is -0.750. The Morgan fingerprint density at radius 2 is 1.69 bits per heavy atom. The lowest BCUT2D eigenvalue weighted by atomic mass is 9.74. The highest BCUT2D eigenvalue weighted by Crippen LogP contribution is 2.53. The number of benzene rings is 2. The molecule has 0 saturated heterocycles. The standard InChI is InChI=1S/C27H25FNO5P/c1-6-27(25(30)31,35(33)34)26(5,32)22-21(18-12-14-20(28)15-13-18)17(4)24(29-23(22)16(2)3)19-10-8-7-9-11-19/h1,7-16,32H,2-5H3,(H-,30,31,33,34)/p+1. The molecule has 3 atom stereocenters. The fourth-order valence-electron chi connectivity index (χ4n) is 4.37. The zero-order chi connectivity index (χ0) is 26.1. The Kier molecular flexibility index (Phi) is 7.23. The van der Waals surface area contributed by atoms with Gasteiger partial charge in [0.1, 0.15) is 5.82 Å². The highest BCUT2D eigenvalue weighted by atomic mass is 31.1. The molecule has 2 aromatic carbocycles. The van der Waals surface area contributed by atoms with Gasteiger partial charge in [-0.15, -0.1) is 6.42 Å². The van der Waals surface area contributed by atoms with Crippen molar-refractivity contribution in [2.45, 2.75) is 44.4 Å². The third-order valence-corrected chi connectivity index (χ3v) is 7.52. The van der Waals surface area contributed by atoms with E-state index in [2.05, 4.69) is 0 Å². The first-order chi connectivity index (χ1) is 16.4. The lowest BCUT2D eigenvalue weighted by Gasteiger charge is -2.34. The van der Waals surface area contributed by atoms with E-state index >= 15 is 0 Å². The first kappa shape index (κ1) is 26.2. The third kappa shape index (κ3) is 4.26. The van der Waals surface area contributed by atoms with E-state index in [9.17, 15) is 28.9 Å². The smallest absolute Gasteiger partial charge is 0.477 e. The van der Waals surface area contributed by atoms with Crippen LogP contribution in [0.1, 0.15) is 43.5 Å². The van der Waals surface area contributed by atoms with Crippen LogP contribution >= 0.6 is 8.03 Å². The van der Waals surface area contributed by atoms with Gasteiger partial charge in [-0.1, -0.05) is 56.3 Å². The number of aliphatic carboxylic acids is 1. The van der Waals surface area contributed by atoms with Crippen molar-refractivity contribution in [2.24, 2.45) is 0 Å². The van der Waals surface area contributed by atoms with Crippen LogP contribution in [-0.4, -0.2) is 31.2 Å². The summed E-state index contributed by atoms with van der Waals surface area (Å²) in [6.45, 7) is 6.46. The number of hydrogen-bond donors (Lipinski definition) is 3. The molecule has 0 aliphatic rings. The van der Waals surface area contributed by atoms with Crippen molar-refractivity contribution in [3.63, 3.8) is 0 Å². The summed E-state index contributed by atoms with van der Waals surface area (Å²) in [5, 5.41) is 19.0. The van der Waals surface area contributed by atoms with Crippen molar-refractivity contribution in [3.05, 3.63) is 77.2 Å². The number of halogens is 1. The number of nitrogens with zero attached hydrogens (tertiary/aromatic N) is 1. The molecule has 3 aromatic rings. The molecule has 0 fully saturated rings. The fourth-order valence-corrected chi connectivity index (χ4v) is 5.13. The second kappa shape index (κ2) is 9.67. The lowest BCUT2D eigenvalue weighted by molar-refractivity contribution is -0.145. The highest BCUT2D eigenvalue weighted by Gasteiger charge is 2.70. The average Bonchev–Trinajstić information content (AvgIpc) is 2.80. The predicted octanol–water partition coefficient (Wildman–Crippen LogP) is 5.39. The minimum absolute atomic E-state index is 0.00837. The second-order valence-corrected chi connectivity index (χ2v) is 9.97. The van der Waals surface area contributed by atoms with Crippen LogP contribution in [0, 0.1) is 25.1 Å². The van der Waals surface area contributed by atoms with Crippen molar-refractivity contribution in [1.82, 2.24) is 4.98 Å². The summed E-state index contributed by atoms with van der Waals surface area (Å²) in [6, 6.07) is 14.7. The number of hydrogen-bond acceptors (Lipinski definition) is 4. The number of aliphatic hydroxyl groups is 1. The van der Waals surface area contributed by atoms with Crippen molar-refractivity contribution in [3.8, 4) is 34.7 Å². The Bertz CT molecular complexity index is 1310. The van der Waals surface area contributed by atoms with E-state index in [-0.39, 0.29) is 11.5 Å². The maximum atomic E-state index is 13.8. The van der Waals surface area contributed by atoms with Crippen LogP contribution in [0.5, 0.6) is 0 Å². The number of rotatable bonds is 7. The Hall–Kier alpha value is -3.43. The first-order valence-corrected chi connectivity index (χ1v) is 12.1. The van der Waals surface area contributed by atoms with Crippen LogP contribution in [0.15, 0.2) is 54.6 Å². The SMILES string of the molecule is C#CC(C(=O)O)([P+](=O)O)C(C)(O)c1c(C(C)C)nc(-c2ccccc2)c(C)c1-c1ccc(F)cc1. The number of carbonyl (C=O) groups is 1. The van der Waals surface area contributed by atoms with Crippen molar-refractivity contribution in [1.29, 1.82) is 0 Å². The van der Waals surface area contributed by atoms with Crippen molar-refractivity contribution in [2.75, 3.05) is 0 Å². The van der Waals surface area contributed by atoms with Gasteiger partial charge in [0.05, 0.1) is 11.4 Å². The molecular formula is C27H26FNO5P+. The van der Waals surface area contributed by atoms with Gasteiger partial charge in [-0.25, -0.2) is 9.18 Å². The molecule has 0 aliphatic heterocycles. The van der Waals surface area contributed by atoms with Gasteiger partial charge in [0.15, 0.2) is 5.60 Å². The zero-order valence-electron chi connectivity index (χ0n) is 19.8. The molecule has 0 aliphatic carbocycles. The molecule has 1 heterocycles. The molecule has 0 radical (unpaired) electrons. The van der Waals surface area contributed by atoms with Crippen molar-refractivity contribution < 1.29 is 28.9 Å². The van der Waals surface area contributed by atoms with E-state index in [1.807, 2.05) is 36.3 Å². The molecule has 6 nitrogen and oxygen atoms in total. The molecule has 0 saturated carbocycles. The van der Waals surface area contributed by atoms with E-state index in [4.69, 9.17) is 11.4 Å². The molecule has 3 unspecified atom stereocenters. The van der Waals surface area contributed by atoms with Gasteiger partial charge >= 0.3 is 19.2 Å². The summed E-state index contributed by atoms with van der Waals surface area (Å²) in [4.78, 5) is 27.3. The topological polar surface area (TPSA) is 108 Å². The van der Waals surface area contributed by atoms with E-state index in [1.54, 1.807) is 20.8 Å². The van der Waals surface area contributed by atoms with E-state index < -0.39 is 30.6 Å². The molecule has 8 heteroatoms. The van der Waals surface area contributed by atoms with E-state index in [0.29, 0.717) is 28.1 Å². The van der Waals surface area contributed by atoms with Gasteiger partial charge in [0, 0.05) is 11.1 Å². The monoisotopic (exact) mass is 494 g/mol. The van der Waals surface area contributed by atoms with Crippen LogP contribution in [0.2, 0.25) is 0 Å². The maximum Gasteiger partial charge on any atom is 0.541 e. The molecular weight excluding hydrogens is 468 g/mol. The van der Waals surface area contributed by atoms with Gasteiger partial charge in [-0.3, -0.25) is 4.98 Å². The van der Waals surface area contributed by atoms with E-state index in [0.717, 1.165) is 12.5 Å². The number of carboxylic acid groups (broad SMARTS) is 1. The molecule has 3 N–H and O–H groups in total. The Labute approximate surface area is 204 Å². The zero-order valence-corrected chi connectivity index (χ0v) is 20.7. The number of carboxylic acids is 1. The number of pyridine rings is 1. The van der Waals surface area contributed by atoms with Gasteiger partial charge in [-0.2, -0.15) is 4.89 Å². The number of aromatic nitrogens is 1. The molecule has 1 aromatic heterocycles. The summed E-state index contributed by atoms with van der Waals surface area (Å²) in [6.07, 6.45) is 5.52. The summed E-state index contributed by atoms with van der Waals surface area (Å²) in [7, 11) is -3.60. The fraction of sp³-hybridized carbons (Fsp3) is 0.259. The van der Waals surface area contributed by atoms with Gasteiger partial charge in [0.25, 0.3) is 0 Å². The Balaban J connectivity index is 2.59. The summed E-state index contributed by atoms with van der Waals surface area (Å²) in [5.41, 5.74) is 0.513. The molecule has 35 heavy (non-hydrogen) atoms. The van der Waals surface area contributed by atoms with Gasteiger partial charge < -0.3 is 10.2 Å². The summed E-state index contributed by atoms with van der Waals surface area (Å²) < 4.78 is 26.3. The number of terminal acetylenes is 1. The molecule has 180 valence electrons. The largest absolute Gasteiger partial charge is 0.541 e. The van der Waals surface area contributed by atoms with Crippen LogP contribution in [0.4, 0.5) is 4.39 Å². The summed E-state index contributed by atoms with van der Waals surface area (Å²) >= 11 is 0. The predicted molar refractivity (Wildman–Crippen MR) is 132 cm³/mol. The van der Waals surface area contributed by atoms with Gasteiger partial charge in [0.2, 0.25) is 0 Å². The molecule has 0 spiro atoms. The van der Waals surface area contributed by atoms with Crippen molar-refractivity contribution >= 4 is 14.0 Å². The van der Waals surface area contributed by atoms with Crippen LogP contribution in [-0.2, 0) is 15.0 Å². The van der Waals surface area contributed by atoms with Gasteiger partial charge in [-0.05, 0) is 59.1 Å². The first-order valence-electron chi connectivity index (χ1n) is 10.9. The maximum absolute atomic E-state index is 13.8.